The van der Waals surface area contributed by atoms with E-state index in [9.17, 15) is 8.42 Å². The van der Waals surface area contributed by atoms with Gasteiger partial charge in [0.2, 0.25) is 0 Å². The molecule has 6 heteroatoms. The van der Waals surface area contributed by atoms with Gasteiger partial charge in [-0.15, -0.1) is 0 Å². The predicted molar refractivity (Wildman–Crippen MR) is 37.2 cm³/mol. The number of hydrogen-bond donors (Lipinski definition) is 1. The number of nitriles is 1. The minimum absolute atomic E-state index is 0.134. The van der Waals surface area contributed by atoms with Gasteiger partial charge < -0.3 is 0 Å². The molecule has 0 rings (SSSR count). The van der Waals surface area contributed by atoms with Crippen molar-refractivity contribution in [3.05, 3.63) is 0 Å². The number of hydrogen-bond acceptors (Lipinski definition) is 3. The summed E-state index contributed by atoms with van der Waals surface area (Å²) in [4.78, 5) is 1.94. The van der Waals surface area contributed by atoms with Crippen molar-refractivity contribution in [2.45, 2.75) is 11.7 Å². The van der Waals surface area contributed by atoms with Crippen molar-refractivity contribution in [1.82, 2.24) is 0 Å². The van der Waals surface area contributed by atoms with E-state index in [0.717, 1.165) is 0 Å². The first-order valence-corrected chi connectivity index (χ1v) is 6.20. The molecule has 0 radical (unpaired) electrons. The van der Waals surface area contributed by atoms with E-state index in [1.807, 2.05) is 4.97 Å². The van der Waals surface area contributed by atoms with Crippen molar-refractivity contribution in [1.29, 1.82) is 5.26 Å². The van der Waals surface area contributed by atoms with E-state index in [-0.39, 0.29) is 20.7 Å². The maximum absolute atomic E-state index is 10.1. The number of nitrogens with zero attached hydrogens (tertiary/aromatic N) is 1. The normalized spacial score (nSPS) is 10.8. The molecule has 58 valence electrons. The van der Waals surface area contributed by atoms with Gasteiger partial charge in [-0.3, -0.25) is 0 Å². The summed E-state index contributed by atoms with van der Waals surface area (Å²) in [6, 6.07) is 0. The van der Waals surface area contributed by atoms with Crippen LogP contribution >= 0.6 is 0 Å². The molecule has 0 aliphatic heterocycles. The van der Waals surface area contributed by atoms with Crippen LogP contribution in [0.4, 0.5) is 0 Å². The van der Waals surface area contributed by atoms with Crippen LogP contribution in [0, 0.1) is 10.2 Å². The van der Waals surface area contributed by atoms with Crippen LogP contribution < -0.4 is 0 Å². The van der Waals surface area contributed by atoms with Crippen LogP contribution in [0.3, 0.4) is 0 Å². The topological polar surface area (TPSA) is 78.2 Å². The molecule has 0 saturated carbocycles. The van der Waals surface area contributed by atoms with Crippen LogP contribution in [0.15, 0.2) is 0 Å². The van der Waals surface area contributed by atoms with E-state index >= 15 is 0 Å². The second kappa shape index (κ2) is 4.69. The maximum atomic E-state index is 10.1. The quantitative estimate of drug-likeness (QED) is 0.413. The van der Waals surface area contributed by atoms with Gasteiger partial charge >= 0.3 is 65.8 Å². The zero-order chi connectivity index (χ0) is 8.04. The molecule has 0 unspecified atom stereocenters. The Balaban J connectivity index is 3.32. The Labute approximate surface area is 66.1 Å². The first-order chi connectivity index (χ1) is 4.56. The molecule has 0 aliphatic rings. The molecule has 0 aliphatic carbocycles. The molecular weight excluding hydrogens is 221 g/mol. The van der Waals surface area contributed by atoms with E-state index < -0.39 is 10.1 Å². The second-order valence-electron chi connectivity index (χ2n) is 1.58. The average Bonchev–Trinajstić information content (AvgIpc) is 1.78. The van der Waals surface area contributed by atoms with Crippen molar-refractivity contribution in [3.63, 3.8) is 0 Å². The summed E-state index contributed by atoms with van der Waals surface area (Å²) in [6.07, 6.45) is 0.381. The van der Waals surface area contributed by atoms with Gasteiger partial charge in [0.05, 0.1) is 0 Å². The third kappa shape index (κ3) is 7.92. The molecule has 0 aromatic carbocycles. The summed E-state index contributed by atoms with van der Waals surface area (Å²) >= 11 is -0.134. The minimum atomic E-state index is -3.80. The van der Waals surface area contributed by atoms with Gasteiger partial charge in [-0.05, 0) is 0 Å². The molecule has 10 heavy (non-hydrogen) atoms. The zero-order valence-corrected chi connectivity index (χ0v) is 7.68. The van der Waals surface area contributed by atoms with Gasteiger partial charge in [-0.2, -0.15) is 0 Å². The molecule has 0 aromatic rings. The van der Waals surface area contributed by atoms with Crippen LogP contribution in [0.2, 0.25) is 5.32 Å². The average molecular weight is 228 g/mol. The summed E-state index contributed by atoms with van der Waals surface area (Å²) in [5, 5.41) is 8.65. The van der Waals surface area contributed by atoms with Crippen molar-refractivity contribution in [3.8, 4) is 4.97 Å². The molecule has 0 fully saturated rings. The Bertz CT molecular complexity index is 217. The zero-order valence-electron chi connectivity index (χ0n) is 5.15. The Hall–Kier alpha value is -0.0805. The molecule has 1 N–H and O–H groups in total. The summed E-state index contributed by atoms with van der Waals surface area (Å²) in [6.45, 7) is 0. The molecule has 4 nitrogen and oxygen atoms in total. The van der Waals surface area contributed by atoms with Gasteiger partial charge in [0.1, 0.15) is 0 Å². The third-order valence-corrected chi connectivity index (χ3v) is 2.82. The van der Waals surface area contributed by atoms with Gasteiger partial charge in [0.25, 0.3) is 0 Å². The molecule has 0 atom stereocenters. The van der Waals surface area contributed by atoms with Gasteiger partial charge in [-0.1, -0.05) is 0 Å². The van der Waals surface area contributed by atoms with Crippen molar-refractivity contribution < 1.29 is 13.0 Å². The van der Waals surface area contributed by atoms with Crippen molar-refractivity contribution >= 4 is 25.1 Å². The Morgan fingerprint density at radius 1 is 1.60 bits per heavy atom. The summed E-state index contributed by atoms with van der Waals surface area (Å²) in [7, 11) is -3.80. The van der Waals surface area contributed by atoms with Crippen molar-refractivity contribution in [2.75, 3.05) is 5.75 Å². The summed E-state index contributed by atoms with van der Waals surface area (Å²) < 4.78 is 28.4. The SMILES string of the molecule is N#C[Se]CCCS(=O)(=O)O. The Morgan fingerprint density at radius 2 is 2.20 bits per heavy atom. The third-order valence-electron chi connectivity index (χ3n) is 0.713. The second-order valence-corrected chi connectivity index (χ2v) is 5.00. The Morgan fingerprint density at radius 3 is 2.60 bits per heavy atom. The van der Waals surface area contributed by atoms with Crippen LogP contribution in [0.25, 0.3) is 0 Å². The molecular formula is C4H7NO3SSe. The van der Waals surface area contributed by atoms with E-state index in [0.29, 0.717) is 11.7 Å². The van der Waals surface area contributed by atoms with Gasteiger partial charge in [-0.25, -0.2) is 0 Å². The van der Waals surface area contributed by atoms with Crippen LogP contribution in [0.1, 0.15) is 6.42 Å². The Kier molecular flexibility index (Phi) is 4.65. The van der Waals surface area contributed by atoms with Crippen LogP contribution in [-0.2, 0) is 10.1 Å². The van der Waals surface area contributed by atoms with E-state index in [1.165, 1.54) is 0 Å². The molecule has 0 aromatic heterocycles. The van der Waals surface area contributed by atoms with Crippen LogP contribution in [0.5, 0.6) is 0 Å². The first-order valence-electron chi connectivity index (χ1n) is 2.52. The van der Waals surface area contributed by atoms with E-state index in [2.05, 4.69) is 0 Å². The van der Waals surface area contributed by atoms with Crippen molar-refractivity contribution in [2.24, 2.45) is 0 Å². The standard InChI is InChI=1S/C4H7NO3SSe/c5-4-10-3-1-2-9(6,7)8/h1-3H2,(H,6,7,8). The first kappa shape index (κ1) is 9.92. The molecule has 0 bridgehead atoms. The monoisotopic (exact) mass is 229 g/mol. The van der Waals surface area contributed by atoms with E-state index in [4.69, 9.17) is 9.81 Å². The molecule has 0 amide bonds. The summed E-state index contributed by atoms with van der Waals surface area (Å²) in [5.41, 5.74) is 0. The predicted octanol–water partition coefficient (Wildman–Crippen LogP) is -0.132. The fourth-order valence-corrected chi connectivity index (χ4v) is 2.08. The fraction of sp³-hybridized carbons (Fsp3) is 0.750. The van der Waals surface area contributed by atoms with E-state index in [1.54, 1.807) is 0 Å². The van der Waals surface area contributed by atoms with Gasteiger partial charge in [0, 0.05) is 0 Å². The van der Waals surface area contributed by atoms with Crippen LogP contribution in [-0.4, -0.2) is 33.7 Å². The van der Waals surface area contributed by atoms with Gasteiger partial charge in [0.15, 0.2) is 0 Å². The molecule has 0 heterocycles. The number of rotatable bonds is 4. The molecule has 0 saturated heterocycles. The fourth-order valence-electron chi connectivity index (χ4n) is 0.359. The molecule has 0 spiro atoms. The summed E-state index contributed by atoms with van der Waals surface area (Å²) in [5.74, 6) is -0.226.